The number of amides is 1. The number of rotatable bonds is 5. The fraction of sp³-hybridized carbons (Fsp3) is 0.231. The first kappa shape index (κ1) is 13.5. The second kappa shape index (κ2) is 5.88. The van der Waals surface area contributed by atoms with Gasteiger partial charge in [-0.3, -0.25) is 14.2 Å². The molecule has 0 spiro atoms. The lowest BCUT2D eigenvalue weighted by atomic mass is 10.2. The van der Waals surface area contributed by atoms with Gasteiger partial charge < -0.3 is 5.32 Å². The van der Waals surface area contributed by atoms with Crippen LogP contribution in [-0.4, -0.2) is 37.2 Å². The van der Waals surface area contributed by atoms with Gasteiger partial charge in [0.05, 0.1) is 6.20 Å². The molecule has 0 aromatic carbocycles. The van der Waals surface area contributed by atoms with Gasteiger partial charge in [-0.15, -0.1) is 16.4 Å². The van der Waals surface area contributed by atoms with Crippen LogP contribution >= 0.6 is 11.3 Å². The molecule has 0 aliphatic heterocycles. The zero-order valence-electron chi connectivity index (χ0n) is 11.4. The lowest BCUT2D eigenvalue weighted by Gasteiger charge is -2.16. The Morgan fingerprint density at radius 1 is 1.48 bits per heavy atom. The maximum Gasteiger partial charge on any atom is 0.273 e. The van der Waals surface area contributed by atoms with Crippen LogP contribution in [0.4, 0.5) is 0 Å². The highest BCUT2D eigenvalue weighted by atomic mass is 32.1. The molecule has 0 fully saturated rings. The van der Waals surface area contributed by atoms with Crippen LogP contribution in [0.3, 0.4) is 0 Å². The summed E-state index contributed by atoms with van der Waals surface area (Å²) in [6.07, 6.45) is 5.20. The van der Waals surface area contributed by atoms with E-state index in [1.807, 2.05) is 34.5 Å². The Morgan fingerprint density at radius 2 is 2.38 bits per heavy atom. The molecule has 8 heteroatoms. The summed E-state index contributed by atoms with van der Waals surface area (Å²) >= 11 is 1.64. The molecular weight excluding hydrogens is 288 g/mol. The molecule has 21 heavy (non-hydrogen) atoms. The molecule has 1 N–H and O–H groups in total. The predicted octanol–water partition coefficient (Wildman–Crippen LogP) is 1.09. The van der Waals surface area contributed by atoms with E-state index in [1.165, 1.54) is 4.68 Å². The van der Waals surface area contributed by atoms with Gasteiger partial charge in [-0.1, -0.05) is 11.3 Å². The SMILES string of the molecule is Cn1cc(C(=O)NC[C@H](c2cccs2)n2cccn2)nn1. The fourth-order valence-electron chi connectivity index (χ4n) is 2.00. The Labute approximate surface area is 125 Å². The van der Waals surface area contributed by atoms with Gasteiger partial charge in [0.15, 0.2) is 5.69 Å². The summed E-state index contributed by atoms with van der Waals surface area (Å²) in [6, 6.07) is 5.86. The summed E-state index contributed by atoms with van der Waals surface area (Å²) in [5, 5.41) is 16.7. The smallest absolute Gasteiger partial charge is 0.273 e. The maximum atomic E-state index is 12.0. The van der Waals surface area contributed by atoms with Gasteiger partial charge >= 0.3 is 0 Å². The number of carbonyl (C=O) groups is 1. The summed E-state index contributed by atoms with van der Waals surface area (Å²) in [6.45, 7) is 0.442. The Balaban J connectivity index is 1.72. The van der Waals surface area contributed by atoms with Crippen LogP contribution in [0.1, 0.15) is 21.4 Å². The van der Waals surface area contributed by atoms with Crippen LogP contribution < -0.4 is 5.32 Å². The van der Waals surface area contributed by atoms with Crippen molar-refractivity contribution < 1.29 is 4.79 Å². The van der Waals surface area contributed by atoms with E-state index in [9.17, 15) is 4.79 Å². The van der Waals surface area contributed by atoms with Crippen LogP contribution in [-0.2, 0) is 7.05 Å². The van der Waals surface area contributed by atoms with E-state index < -0.39 is 0 Å². The van der Waals surface area contributed by atoms with Gasteiger partial charge in [-0.25, -0.2) is 0 Å². The standard InChI is InChI=1S/C13H14N6OS/c1-18-9-10(16-17-18)13(20)14-8-11(12-4-2-7-21-12)19-6-3-5-15-19/h2-7,9,11H,8H2,1H3,(H,14,20)/t11-/m1/s1. The summed E-state index contributed by atoms with van der Waals surface area (Å²) in [5.41, 5.74) is 0.308. The second-order valence-corrected chi connectivity index (χ2v) is 5.48. The number of hydrogen-bond acceptors (Lipinski definition) is 5. The van der Waals surface area contributed by atoms with E-state index in [0.717, 1.165) is 4.88 Å². The first-order valence-corrected chi connectivity index (χ1v) is 7.29. The molecule has 7 nitrogen and oxygen atoms in total. The topological polar surface area (TPSA) is 77.6 Å². The Morgan fingerprint density at radius 3 is 3.00 bits per heavy atom. The largest absolute Gasteiger partial charge is 0.348 e. The average molecular weight is 302 g/mol. The number of carbonyl (C=O) groups excluding carboxylic acids is 1. The van der Waals surface area contributed by atoms with Crippen molar-refractivity contribution in [3.63, 3.8) is 0 Å². The lowest BCUT2D eigenvalue weighted by Crippen LogP contribution is -2.31. The summed E-state index contributed by atoms with van der Waals surface area (Å²) in [4.78, 5) is 13.2. The highest BCUT2D eigenvalue weighted by Gasteiger charge is 2.17. The third-order valence-corrected chi connectivity index (χ3v) is 3.98. The molecule has 0 saturated carbocycles. The third kappa shape index (κ3) is 3.00. The van der Waals surface area contributed by atoms with E-state index >= 15 is 0 Å². The minimum Gasteiger partial charge on any atom is -0.348 e. The molecule has 0 aliphatic carbocycles. The predicted molar refractivity (Wildman–Crippen MR) is 78.0 cm³/mol. The summed E-state index contributed by atoms with van der Waals surface area (Å²) in [7, 11) is 1.72. The van der Waals surface area contributed by atoms with Gasteiger partial charge in [0.2, 0.25) is 0 Å². The van der Waals surface area contributed by atoms with Crippen LogP contribution in [0.2, 0.25) is 0 Å². The monoisotopic (exact) mass is 302 g/mol. The number of thiophene rings is 1. The Bertz CT molecular complexity index is 669. The van der Waals surface area contributed by atoms with E-state index in [0.29, 0.717) is 12.2 Å². The van der Waals surface area contributed by atoms with Crippen molar-refractivity contribution in [1.29, 1.82) is 0 Å². The number of nitrogens with one attached hydrogen (secondary N) is 1. The van der Waals surface area contributed by atoms with E-state index in [2.05, 4.69) is 20.7 Å². The van der Waals surface area contributed by atoms with Crippen LogP contribution in [0.25, 0.3) is 0 Å². The van der Waals surface area contributed by atoms with Gasteiger partial charge in [0.25, 0.3) is 5.91 Å². The van der Waals surface area contributed by atoms with E-state index in [4.69, 9.17) is 0 Å². The van der Waals surface area contributed by atoms with Crippen molar-refractivity contribution in [3.05, 3.63) is 52.7 Å². The zero-order valence-corrected chi connectivity index (χ0v) is 12.2. The van der Waals surface area contributed by atoms with Crippen molar-refractivity contribution >= 4 is 17.2 Å². The molecule has 108 valence electrons. The highest BCUT2D eigenvalue weighted by molar-refractivity contribution is 7.10. The lowest BCUT2D eigenvalue weighted by molar-refractivity contribution is 0.0944. The summed E-state index contributed by atoms with van der Waals surface area (Å²) in [5.74, 6) is -0.239. The highest BCUT2D eigenvalue weighted by Crippen LogP contribution is 2.21. The molecule has 1 atom stereocenters. The minimum absolute atomic E-state index is 0.0272. The molecule has 3 aromatic heterocycles. The van der Waals surface area contributed by atoms with Gasteiger partial charge in [0.1, 0.15) is 6.04 Å². The van der Waals surface area contributed by atoms with Gasteiger partial charge in [0, 0.05) is 30.9 Å². The first-order valence-electron chi connectivity index (χ1n) is 6.41. The van der Waals surface area contributed by atoms with Crippen LogP contribution in [0.5, 0.6) is 0 Å². The average Bonchev–Trinajstić information content (AvgIpc) is 3.21. The molecule has 0 radical (unpaired) electrons. The van der Waals surface area contributed by atoms with Crippen molar-refractivity contribution in [1.82, 2.24) is 30.1 Å². The molecule has 0 aliphatic rings. The quantitative estimate of drug-likeness (QED) is 0.765. The van der Waals surface area contributed by atoms with Crippen molar-refractivity contribution in [2.45, 2.75) is 6.04 Å². The zero-order chi connectivity index (χ0) is 14.7. The number of aryl methyl sites for hydroxylation is 1. The van der Waals surface area contributed by atoms with Crippen LogP contribution in [0, 0.1) is 0 Å². The van der Waals surface area contributed by atoms with Crippen molar-refractivity contribution in [3.8, 4) is 0 Å². The fourth-order valence-corrected chi connectivity index (χ4v) is 2.82. The number of nitrogens with zero attached hydrogens (tertiary/aromatic N) is 5. The molecule has 1 amide bonds. The van der Waals surface area contributed by atoms with Crippen LogP contribution in [0.15, 0.2) is 42.2 Å². The second-order valence-electron chi connectivity index (χ2n) is 4.50. The minimum atomic E-state index is -0.239. The molecular formula is C13H14N6OS. The van der Waals surface area contributed by atoms with Gasteiger partial charge in [-0.2, -0.15) is 5.10 Å². The van der Waals surface area contributed by atoms with Crippen molar-refractivity contribution in [2.24, 2.45) is 7.05 Å². The first-order chi connectivity index (χ1) is 10.2. The Hall–Kier alpha value is -2.48. The molecule has 3 aromatic rings. The molecule has 3 rings (SSSR count). The third-order valence-electron chi connectivity index (χ3n) is 3.01. The van der Waals surface area contributed by atoms with E-state index in [1.54, 1.807) is 30.8 Å². The van der Waals surface area contributed by atoms with Gasteiger partial charge in [-0.05, 0) is 17.5 Å². The molecule has 0 unspecified atom stereocenters. The normalized spacial score (nSPS) is 12.2. The maximum absolute atomic E-state index is 12.0. The van der Waals surface area contributed by atoms with Crippen molar-refractivity contribution in [2.75, 3.05) is 6.54 Å². The number of aromatic nitrogens is 5. The Kier molecular flexibility index (Phi) is 3.78. The molecule has 3 heterocycles. The van der Waals surface area contributed by atoms with E-state index in [-0.39, 0.29) is 11.9 Å². The molecule has 0 saturated heterocycles. The number of hydrogen-bond donors (Lipinski definition) is 1. The molecule has 0 bridgehead atoms. The summed E-state index contributed by atoms with van der Waals surface area (Å²) < 4.78 is 3.34.